The third-order valence-corrected chi connectivity index (χ3v) is 4.95. The van der Waals surface area contributed by atoms with E-state index in [4.69, 9.17) is 14.2 Å². The Kier molecular flexibility index (Phi) is 4.09. The standard InChI is InChI=1S/C22H18N2O4/c25-22(16-4-5-19-20(11-16)27-13-26-19)24-12-17-10-15-2-1-3-18(21(15)28-17)14-6-8-23-9-7-14/h1-9,11,17H,10,12-13H2,(H,24,25). The zero-order valence-electron chi connectivity index (χ0n) is 15.1. The van der Waals surface area contributed by atoms with Gasteiger partial charge in [0.05, 0.1) is 6.54 Å². The summed E-state index contributed by atoms with van der Waals surface area (Å²) in [5.74, 6) is 1.98. The summed E-state index contributed by atoms with van der Waals surface area (Å²) in [5, 5.41) is 2.96. The largest absolute Gasteiger partial charge is 0.487 e. The van der Waals surface area contributed by atoms with Crippen LogP contribution in [0.15, 0.2) is 60.9 Å². The molecule has 28 heavy (non-hydrogen) atoms. The Balaban J connectivity index is 1.27. The molecule has 0 aliphatic carbocycles. The molecule has 1 aromatic heterocycles. The Hall–Kier alpha value is -3.54. The minimum atomic E-state index is -0.160. The second kappa shape index (κ2) is 6.88. The number of ether oxygens (including phenoxy) is 3. The maximum Gasteiger partial charge on any atom is 0.251 e. The lowest BCUT2D eigenvalue weighted by molar-refractivity contribution is 0.0933. The summed E-state index contributed by atoms with van der Waals surface area (Å²) in [5.41, 5.74) is 3.80. The zero-order valence-corrected chi connectivity index (χ0v) is 15.1. The number of carbonyl (C=O) groups is 1. The van der Waals surface area contributed by atoms with Crippen LogP contribution in [0.2, 0.25) is 0 Å². The van der Waals surface area contributed by atoms with Crippen LogP contribution >= 0.6 is 0 Å². The van der Waals surface area contributed by atoms with E-state index in [1.165, 1.54) is 0 Å². The van der Waals surface area contributed by atoms with Crippen molar-refractivity contribution >= 4 is 5.91 Å². The molecule has 1 unspecified atom stereocenters. The van der Waals surface area contributed by atoms with E-state index >= 15 is 0 Å². The minimum absolute atomic E-state index is 0.101. The highest BCUT2D eigenvalue weighted by molar-refractivity contribution is 5.95. The van der Waals surface area contributed by atoms with Gasteiger partial charge in [-0.05, 0) is 41.5 Å². The van der Waals surface area contributed by atoms with Crippen LogP contribution in [0, 0.1) is 0 Å². The minimum Gasteiger partial charge on any atom is -0.487 e. The molecule has 0 saturated carbocycles. The molecule has 0 fully saturated rings. The number of rotatable bonds is 4. The Morgan fingerprint density at radius 2 is 1.93 bits per heavy atom. The molecule has 2 aliphatic rings. The molecule has 0 radical (unpaired) electrons. The van der Waals surface area contributed by atoms with Crippen LogP contribution in [0.5, 0.6) is 17.2 Å². The number of nitrogens with one attached hydrogen (secondary N) is 1. The average Bonchev–Trinajstić information content (AvgIpc) is 3.38. The lowest BCUT2D eigenvalue weighted by Crippen LogP contribution is -2.34. The highest BCUT2D eigenvalue weighted by atomic mass is 16.7. The third-order valence-electron chi connectivity index (χ3n) is 4.95. The molecule has 1 N–H and O–H groups in total. The number of hydrogen-bond donors (Lipinski definition) is 1. The predicted molar refractivity (Wildman–Crippen MR) is 103 cm³/mol. The summed E-state index contributed by atoms with van der Waals surface area (Å²) < 4.78 is 16.8. The number of fused-ring (bicyclic) bond motifs is 2. The number of carbonyl (C=O) groups excluding carboxylic acids is 1. The van der Waals surface area contributed by atoms with Crippen molar-refractivity contribution in [2.45, 2.75) is 12.5 Å². The zero-order chi connectivity index (χ0) is 18.9. The van der Waals surface area contributed by atoms with Crippen molar-refractivity contribution in [1.82, 2.24) is 10.3 Å². The molecule has 5 rings (SSSR count). The Morgan fingerprint density at radius 3 is 2.82 bits per heavy atom. The maximum atomic E-state index is 12.5. The number of hydrogen-bond acceptors (Lipinski definition) is 5. The smallest absolute Gasteiger partial charge is 0.251 e. The van der Waals surface area contributed by atoms with Crippen molar-refractivity contribution in [2.24, 2.45) is 0 Å². The van der Waals surface area contributed by atoms with Gasteiger partial charge in [0.15, 0.2) is 11.5 Å². The molecule has 2 aromatic carbocycles. The van der Waals surface area contributed by atoms with Crippen LogP contribution in [0.3, 0.4) is 0 Å². The van der Waals surface area contributed by atoms with Gasteiger partial charge >= 0.3 is 0 Å². The van der Waals surface area contributed by atoms with Crippen LogP contribution in [-0.2, 0) is 6.42 Å². The number of benzene rings is 2. The van der Waals surface area contributed by atoms with Crippen LogP contribution in [-0.4, -0.2) is 30.3 Å². The summed E-state index contributed by atoms with van der Waals surface area (Å²) in [6.45, 7) is 0.617. The number of amides is 1. The highest BCUT2D eigenvalue weighted by Crippen LogP contribution is 2.38. The van der Waals surface area contributed by atoms with E-state index in [1.54, 1.807) is 30.6 Å². The number of nitrogens with zero attached hydrogens (tertiary/aromatic N) is 1. The first-order valence-electron chi connectivity index (χ1n) is 9.15. The van der Waals surface area contributed by atoms with Crippen LogP contribution < -0.4 is 19.5 Å². The van der Waals surface area contributed by atoms with Crippen LogP contribution in [0.1, 0.15) is 15.9 Å². The number of aromatic nitrogens is 1. The molecule has 2 aliphatic heterocycles. The topological polar surface area (TPSA) is 69.7 Å². The Labute approximate surface area is 162 Å². The van der Waals surface area contributed by atoms with E-state index in [9.17, 15) is 4.79 Å². The summed E-state index contributed by atoms with van der Waals surface area (Å²) in [6, 6.07) is 15.3. The molecular weight excluding hydrogens is 356 g/mol. The quantitative estimate of drug-likeness (QED) is 0.759. The molecular formula is C22H18N2O4. The second-order valence-electron chi connectivity index (χ2n) is 6.75. The van der Waals surface area contributed by atoms with E-state index in [0.717, 1.165) is 28.9 Å². The maximum absolute atomic E-state index is 12.5. The fourth-order valence-corrected chi connectivity index (χ4v) is 3.56. The molecule has 1 amide bonds. The first kappa shape index (κ1) is 16.6. The molecule has 1 atom stereocenters. The summed E-state index contributed by atoms with van der Waals surface area (Å²) >= 11 is 0. The van der Waals surface area contributed by atoms with Gasteiger partial charge in [0.25, 0.3) is 5.91 Å². The van der Waals surface area contributed by atoms with Gasteiger partial charge in [0, 0.05) is 29.9 Å². The second-order valence-corrected chi connectivity index (χ2v) is 6.75. The lowest BCUT2D eigenvalue weighted by atomic mass is 10.0. The van der Waals surface area contributed by atoms with E-state index in [1.807, 2.05) is 24.3 Å². The van der Waals surface area contributed by atoms with E-state index in [2.05, 4.69) is 16.4 Å². The van der Waals surface area contributed by atoms with Crippen LogP contribution in [0.25, 0.3) is 11.1 Å². The highest BCUT2D eigenvalue weighted by Gasteiger charge is 2.26. The van der Waals surface area contributed by atoms with Crippen LogP contribution in [0.4, 0.5) is 0 Å². The van der Waals surface area contributed by atoms with Gasteiger partial charge in [0.2, 0.25) is 6.79 Å². The van der Waals surface area contributed by atoms with E-state index < -0.39 is 0 Å². The van der Waals surface area contributed by atoms with Gasteiger partial charge in [-0.2, -0.15) is 0 Å². The molecule has 140 valence electrons. The van der Waals surface area contributed by atoms with Crippen molar-refractivity contribution in [3.63, 3.8) is 0 Å². The predicted octanol–water partition coefficient (Wildman–Crippen LogP) is 3.21. The average molecular weight is 374 g/mol. The third kappa shape index (κ3) is 3.03. The Bertz CT molecular complexity index is 1040. The SMILES string of the molecule is O=C(NCC1Cc2cccc(-c3ccncc3)c2O1)c1ccc2c(c1)OCO2. The monoisotopic (exact) mass is 374 g/mol. The fourth-order valence-electron chi connectivity index (χ4n) is 3.56. The Morgan fingerprint density at radius 1 is 1.07 bits per heavy atom. The van der Waals surface area contributed by atoms with Gasteiger partial charge in [-0.3, -0.25) is 9.78 Å². The van der Waals surface area contributed by atoms with Gasteiger partial charge in [-0.1, -0.05) is 18.2 Å². The lowest BCUT2D eigenvalue weighted by Gasteiger charge is -2.14. The first-order valence-corrected chi connectivity index (χ1v) is 9.15. The summed E-state index contributed by atoms with van der Waals surface area (Å²) in [6.07, 6.45) is 4.20. The van der Waals surface area contributed by atoms with Gasteiger partial charge in [0.1, 0.15) is 11.9 Å². The van der Waals surface area contributed by atoms with Gasteiger partial charge in [-0.15, -0.1) is 0 Å². The number of para-hydroxylation sites is 1. The molecule has 3 heterocycles. The van der Waals surface area contributed by atoms with Crippen molar-refractivity contribution in [3.05, 3.63) is 72.1 Å². The fraction of sp³-hybridized carbons (Fsp3) is 0.182. The molecule has 6 nitrogen and oxygen atoms in total. The molecule has 3 aromatic rings. The van der Waals surface area contributed by atoms with Gasteiger partial charge < -0.3 is 19.5 Å². The number of pyridine rings is 1. The van der Waals surface area contributed by atoms with E-state index in [0.29, 0.717) is 23.6 Å². The molecule has 0 bridgehead atoms. The van der Waals surface area contributed by atoms with Crippen molar-refractivity contribution in [3.8, 4) is 28.4 Å². The molecule has 0 spiro atoms. The van der Waals surface area contributed by atoms with E-state index in [-0.39, 0.29) is 18.8 Å². The van der Waals surface area contributed by atoms with Crippen molar-refractivity contribution in [1.29, 1.82) is 0 Å². The molecule has 6 heteroatoms. The summed E-state index contributed by atoms with van der Waals surface area (Å²) in [7, 11) is 0. The molecule has 0 saturated heterocycles. The first-order chi connectivity index (χ1) is 13.8. The van der Waals surface area contributed by atoms with Crippen molar-refractivity contribution in [2.75, 3.05) is 13.3 Å². The summed E-state index contributed by atoms with van der Waals surface area (Å²) in [4.78, 5) is 16.6. The van der Waals surface area contributed by atoms with Gasteiger partial charge in [-0.25, -0.2) is 0 Å². The van der Waals surface area contributed by atoms with Crippen molar-refractivity contribution < 1.29 is 19.0 Å². The normalized spacial score (nSPS) is 16.4.